The number of piperidine rings is 1. The molecule has 0 atom stereocenters. The van der Waals surface area contributed by atoms with Crippen molar-refractivity contribution in [3.63, 3.8) is 0 Å². The van der Waals surface area contributed by atoms with Gasteiger partial charge in [0.1, 0.15) is 5.75 Å². The Morgan fingerprint density at radius 1 is 1.00 bits per heavy atom. The van der Waals surface area contributed by atoms with Crippen LogP contribution in [0.25, 0.3) is 11.1 Å². The summed E-state index contributed by atoms with van der Waals surface area (Å²) in [7, 11) is 1.66. The molecule has 3 aromatic rings. The number of aromatic nitrogens is 1. The van der Waals surface area contributed by atoms with Gasteiger partial charge in [-0.15, -0.1) is 0 Å². The van der Waals surface area contributed by atoms with Crippen LogP contribution in [-0.2, 0) is 4.79 Å². The molecule has 1 amide bonds. The van der Waals surface area contributed by atoms with Crippen molar-refractivity contribution >= 4 is 17.3 Å². The fourth-order valence-corrected chi connectivity index (χ4v) is 3.78. The molecular weight excluding hydrogens is 362 g/mol. The van der Waals surface area contributed by atoms with Crippen LogP contribution in [0.15, 0.2) is 73.1 Å². The fraction of sp³-hybridized carbons (Fsp3) is 0.250. The second-order valence-electron chi connectivity index (χ2n) is 7.27. The summed E-state index contributed by atoms with van der Waals surface area (Å²) in [6, 6.07) is 19.9. The summed E-state index contributed by atoms with van der Waals surface area (Å²) in [5.74, 6) is 0.952. The number of pyridine rings is 1. The molecule has 2 heterocycles. The molecule has 1 aliphatic heterocycles. The zero-order valence-electron chi connectivity index (χ0n) is 16.5. The van der Waals surface area contributed by atoms with Crippen LogP contribution < -0.4 is 15.0 Å². The number of nitrogens with one attached hydrogen (secondary N) is 1. The number of anilines is 2. The topological polar surface area (TPSA) is 54.5 Å². The predicted molar refractivity (Wildman–Crippen MR) is 116 cm³/mol. The Kier molecular flexibility index (Phi) is 5.75. The number of benzene rings is 2. The van der Waals surface area contributed by atoms with E-state index in [1.54, 1.807) is 7.11 Å². The number of nitrogens with zero attached hydrogens (tertiary/aromatic N) is 2. The Labute approximate surface area is 171 Å². The van der Waals surface area contributed by atoms with Gasteiger partial charge in [-0.05, 0) is 60.4 Å². The van der Waals surface area contributed by atoms with Crippen molar-refractivity contribution < 1.29 is 9.53 Å². The quantitative estimate of drug-likeness (QED) is 0.694. The molecule has 0 bridgehead atoms. The molecule has 29 heavy (non-hydrogen) atoms. The van der Waals surface area contributed by atoms with Crippen molar-refractivity contribution in [1.29, 1.82) is 0 Å². The second kappa shape index (κ2) is 8.78. The number of carbonyl (C=O) groups is 1. The number of hydrogen-bond acceptors (Lipinski definition) is 4. The van der Waals surface area contributed by atoms with Crippen molar-refractivity contribution in [3.05, 3.63) is 73.1 Å². The standard InChI is InChI=1S/C24H25N3O2/c1-29-23-7-3-5-20(17-23)19-4-2-6-21(16-19)26-24(28)18-10-14-27(15-11-18)22-8-12-25-13-9-22/h2-9,12-13,16-18H,10-11,14-15H2,1H3,(H,26,28). The summed E-state index contributed by atoms with van der Waals surface area (Å²) in [4.78, 5) is 19.2. The summed E-state index contributed by atoms with van der Waals surface area (Å²) in [6.07, 6.45) is 5.32. The summed E-state index contributed by atoms with van der Waals surface area (Å²) in [5, 5.41) is 3.11. The minimum atomic E-state index is 0.0357. The minimum absolute atomic E-state index is 0.0357. The van der Waals surface area contributed by atoms with Gasteiger partial charge in [0.05, 0.1) is 7.11 Å². The largest absolute Gasteiger partial charge is 0.497 e. The van der Waals surface area contributed by atoms with E-state index in [1.807, 2.05) is 73.1 Å². The number of carbonyl (C=O) groups excluding carboxylic acids is 1. The summed E-state index contributed by atoms with van der Waals surface area (Å²) in [5.41, 5.74) is 4.11. The summed E-state index contributed by atoms with van der Waals surface area (Å²) >= 11 is 0. The predicted octanol–water partition coefficient (Wildman–Crippen LogP) is 4.61. The maximum Gasteiger partial charge on any atom is 0.227 e. The van der Waals surface area contributed by atoms with Gasteiger partial charge in [-0.3, -0.25) is 9.78 Å². The van der Waals surface area contributed by atoms with Gasteiger partial charge >= 0.3 is 0 Å². The van der Waals surface area contributed by atoms with Crippen LogP contribution in [0.4, 0.5) is 11.4 Å². The highest BCUT2D eigenvalue weighted by Gasteiger charge is 2.25. The monoisotopic (exact) mass is 387 g/mol. The summed E-state index contributed by atoms with van der Waals surface area (Å²) in [6.45, 7) is 1.76. The van der Waals surface area contributed by atoms with Crippen LogP contribution in [0, 0.1) is 5.92 Å². The van der Waals surface area contributed by atoms with E-state index in [0.717, 1.165) is 48.5 Å². The minimum Gasteiger partial charge on any atom is -0.497 e. The molecule has 0 aliphatic carbocycles. The number of ether oxygens (including phenoxy) is 1. The molecule has 148 valence electrons. The Bertz CT molecular complexity index is 967. The van der Waals surface area contributed by atoms with E-state index >= 15 is 0 Å². The lowest BCUT2D eigenvalue weighted by molar-refractivity contribution is -0.120. The van der Waals surface area contributed by atoms with Crippen LogP contribution in [0.1, 0.15) is 12.8 Å². The molecule has 0 saturated carbocycles. The average molecular weight is 387 g/mol. The van der Waals surface area contributed by atoms with Gasteiger partial charge in [0.2, 0.25) is 5.91 Å². The van der Waals surface area contributed by atoms with E-state index < -0.39 is 0 Å². The molecule has 0 spiro atoms. The van der Waals surface area contributed by atoms with E-state index in [4.69, 9.17) is 4.74 Å². The number of methoxy groups -OCH3 is 1. The molecule has 5 nitrogen and oxygen atoms in total. The molecule has 5 heteroatoms. The van der Waals surface area contributed by atoms with Crippen molar-refractivity contribution in [2.45, 2.75) is 12.8 Å². The van der Waals surface area contributed by atoms with Gasteiger partial charge in [-0.25, -0.2) is 0 Å². The SMILES string of the molecule is COc1cccc(-c2cccc(NC(=O)C3CCN(c4ccncc4)CC3)c2)c1. The Hall–Kier alpha value is -3.34. The van der Waals surface area contributed by atoms with Crippen molar-refractivity contribution in [3.8, 4) is 16.9 Å². The van der Waals surface area contributed by atoms with Crippen LogP contribution in [0.2, 0.25) is 0 Å². The number of rotatable bonds is 5. The first-order valence-electron chi connectivity index (χ1n) is 9.93. The first-order chi connectivity index (χ1) is 14.2. The van der Waals surface area contributed by atoms with Crippen molar-refractivity contribution in [2.75, 3.05) is 30.4 Å². The van der Waals surface area contributed by atoms with Gasteiger partial charge in [0.25, 0.3) is 0 Å². The Morgan fingerprint density at radius 2 is 1.69 bits per heavy atom. The maximum absolute atomic E-state index is 12.8. The second-order valence-corrected chi connectivity index (χ2v) is 7.27. The molecule has 0 radical (unpaired) electrons. The van der Waals surface area contributed by atoms with E-state index in [0.29, 0.717) is 0 Å². The van der Waals surface area contributed by atoms with Crippen LogP contribution in [-0.4, -0.2) is 31.1 Å². The number of amides is 1. The molecule has 1 saturated heterocycles. The normalized spacial score (nSPS) is 14.4. The first kappa shape index (κ1) is 19.0. The zero-order chi connectivity index (χ0) is 20.1. The smallest absolute Gasteiger partial charge is 0.227 e. The Balaban J connectivity index is 1.39. The third-order valence-corrected chi connectivity index (χ3v) is 5.43. The lowest BCUT2D eigenvalue weighted by atomic mass is 9.95. The highest BCUT2D eigenvalue weighted by atomic mass is 16.5. The van der Waals surface area contributed by atoms with E-state index in [2.05, 4.69) is 15.2 Å². The highest BCUT2D eigenvalue weighted by Crippen LogP contribution is 2.27. The number of hydrogen-bond donors (Lipinski definition) is 1. The molecule has 1 N–H and O–H groups in total. The fourth-order valence-electron chi connectivity index (χ4n) is 3.78. The third kappa shape index (κ3) is 4.57. The van der Waals surface area contributed by atoms with Crippen LogP contribution in [0.3, 0.4) is 0 Å². The molecule has 2 aromatic carbocycles. The lowest BCUT2D eigenvalue weighted by Gasteiger charge is -2.32. The van der Waals surface area contributed by atoms with Crippen molar-refractivity contribution in [2.24, 2.45) is 5.92 Å². The van der Waals surface area contributed by atoms with Crippen LogP contribution >= 0.6 is 0 Å². The first-order valence-corrected chi connectivity index (χ1v) is 9.93. The highest BCUT2D eigenvalue weighted by molar-refractivity contribution is 5.93. The molecular formula is C24H25N3O2. The summed E-state index contributed by atoms with van der Waals surface area (Å²) < 4.78 is 5.31. The van der Waals surface area contributed by atoms with Crippen LogP contribution in [0.5, 0.6) is 5.75 Å². The molecule has 1 fully saturated rings. The van der Waals surface area contributed by atoms with Gasteiger partial charge in [0, 0.05) is 42.8 Å². The zero-order valence-corrected chi connectivity index (χ0v) is 16.5. The lowest BCUT2D eigenvalue weighted by Crippen LogP contribution is -2.38. The average Bonchev–Trinajstić information content (AvgIpc) is 2.80. The molecule has 1 aromatic heterocycles. The van der Waals surface area contributed by atoms with Gasteiger partial charge in [-0.2, -0.15) is 0 Å². The molecule has 0 unspecified atom stereocenters. The van der Waals surface area contributed by atoms with Gasteiger partial charge < -0.3 is 15.0 Å². The van der Waals surface area contributed by atoms with Gasteiger partial charge in [-0.1, -0.05) is 24.3 Å². The third-order valence-electron chi connectivity index (χ3n) is 5.43. The van der Waals surface area contributed by atoms with E-state index in [1.165, 1.54) is 5.69 Å². The van der Waals surface area contributed by atoms with Gasteiger partial charge in [0.15, 0.2) is 0 Å². The Morgan fingerprint density at radius 3 is 2.41 bits per heavy atom. The molecule has 4 rings (SSSR count). The molecule has 1 aliphatic rings. The maximum atomic E-state index is 12.8. The van der Waals surface area contributed by atoms with Crippen molar-refractivity contribution in [1.82, 2.24) is 4.98 Å². The van der Waals surface area contributed by atoms with E-state index in [9.17, 15) is 4.79 Å². The van der Waals surface area contributed by atoms with E-state index in [-0.39, 0.29) is 11.8 Å².